The number of ether oxygens (including phenoxy) is 1. The van der Waals surface area contributed by atoms with Gasteiger partial charge in [-0.05, 0) is 33.6 Å². The van der Waals surface area contributed by atoms with Crippen molar-refractivity contribution in [3.63, 3.8) is 0 Å². The Morgan fingerprint density at radius 1 is 0.969 bits per heavy atom. The van der Waals surface area contributed by atoms with Crippen molar-refractivity contribution in [3.05, 3.63) is 45.3 Å². The Bertz CT molecular complexity index is 993. The summed E-state index contributed by atoms with van der Waals surface area (Å²) in [4.78, 5) is 25.8. The fraction of sp³-hybridized carbons (Fsp3) is 0.583. The maximum Gasteiger partial charge on any atom is 0.227 e. The van der Waals surface area contributed by atoms with Crippen LogP contribution in [0.2, 0.25) is 0 Å². The highest BCUT2D eigenvalue weighted by atomic mass is 16.6. The van der Waals surface area contributed by atoms with Gasteiger partial charge in [0.2, 0.25) is 5.79 Å². The molecule has 0 radical (unpaired) electrons. The van der Waals surface area contributed by atoms with E-state index in [9.17, 15) is 35.1 Å². The number of hydrogen-bond acceptors (Lipinski definition) is 8. The normalized spacial score (nSPS) is 29.8. The van der Waals surface area contributed by atoms with Crippen LogP contribution in [0, 0.1) is 11.3 Å². The third kappa shape index (κ3) is 3.28. The Hall–Kier alpha value is -2.58. The number of carbonyl (C=O) groups is 2. The molecule has 0 bridgehead atoms. The van der Waals surface area contributed by atoms with Crippen molar-refractivity contribution in [1.82, 2.24) is 0 Å². The van der Waals surface area contributed by atoms with E-state index in [1.807, 2.05) is 0 Å². The van der Waals surface area contributed by atoms with Gasteiger partial charge in [0, 0.05) is 30.4 Å². The van der Waals surface area contributed by atoms with Gasteiger partial charge >= 0.3 is 0 Å². The Morgan fingerprint density at radius 3 is 2.09 bits per heavy atom. The Morgan fingerprint density at radius 2 is 1.53 bits per heavy atom. The first kappa shape index (κ1) is 24.1. The Balaban J connectivity index is 2.25. The molecule has 176 valence electrons. The third-order valence-electron chi connectivity index (χ3n) is 6.64. The lowest BCUT2D eigenvalue weighted by atomic mass is 9.69. The largest absolute Gasteiger partial charge is 0.511 e. The van der Waals surface area contributed by atoms with Crippen molar-refractivity contribution >= 4 is 11.6 Å². The highest BCUT2D eigenvalue weighted by molar-refractivity contribution is 6.00. The van der Waals surface area contributed by atoms with E-state index in [4.69, 9.17) is 4.74 Å². The summed E-state index contributed by atoms with van der Waals surface area (Å²) in [5.41, 5.74) is -1.62. The topological polar surface area (TPSA) is 145 Å². The molecule has 2 aliphatic carbocycles. The minimum absolute atomic E-state index is 0.0280. The number of aliphatic hydroxyl groups excluding tert-OH is 4. The SMILES string of the molecule is CCCC(=O)C1=C(O)C(C)(C)C(O)=C2CC3=C(O)[C@H](C)C(O)=C(C(=O)CCC)[C@@]3(O)O[C@@H]21. The van der Waals surface area contributed by atoms with Crippen LogP contribution < -0.4 is 0 Å². The molecule has 0 spiro atoms. The lowest BCUT2D eigenvalue weighted by Crippen LogP contribution is -2.53. The fourth-order valence-electron chi connectivity index (χ4n) is 4.71. The van der Waals surface area contributed by atoms with Gasteiger partial charge < -0.3 is 30.3 Å². The first-order valence-corrected chi connectivity index (χ1v) is 11.0. The lowest BCUT2D eigenvalue weighted by molar-refractivity contribution is -0.185. The number of hydrogen-bond donors (Lipinski definition) is 5. The molecule has 1 heterocycles. The molecule has 0 unspecified atom stereocenters. The standard InChI is InChI=1S/C24H32O8/c1-6-8-14(25)16-20-12(21(29)23(4,5)22(16)30)10-13-18(27)11(3)19(28)17(15(26)9-7-2)24(13,31)32-20/h11,20,27-31H,6-10H2,1-5H3/t11-,20-,24-/m0/s1. The molecule has 0 amide bonds. The summed E-state index contributed by atoms with van der Waals surface area (Å²) >= 11 is 0. The summed E-state index contributed by atoms with van der Waals surface area (Å²) in [6.07, 6.45) is -0.443. The molecule has 1 fully saturated rings. The lowest BCUT2D eigenvalue weighted by Gasteiger charge is -2.48. The molecule has 32 heavy (non-hydrogen) atoms. The molecule has 3 rings (SSSR count). The molecule has 0 aromatic rings. The van der Waals surface area contributed by atoms with E-state index in [2.05, 4.69) is 0 Å². The van der Waals surface area contributed by atoms with Gasteiger partial charge in [-0.15, -0.1) is 0 Å². The average Bonchev–Trinajstić information content (AvgIpc) is 2.71. The Labute approximate surface area is 187 Å². The molecule has 8 heteroatoms. The van der Waals surface area contributed by atoms with Crippen LogP contribution in [-0.2, 0) is 14.3 Å². The van der Waals surface area contributed by atoms with E-state index in [0.29, 0.717) is 12.8 Å². The summed E-state index contributed by atoms with van der Waals surface area (Å²) in [5.74, 6) is -5.89. The highest BCUT2D eigenvalue weighted by Gasteiger charge is 2.58. The number of rotatable bonds is 6. The first-order valence-electron chi connectivity index (χ1n) is 11.0. The van der Waals surface area contributed by atoms with Crippen molar-refractivity contribution < 1.29 is 39.9 Å². The zero-order valence-electron chi connectivity index (χ0n) is 19.2. The summed E-state index contributed by atoms with van der Waals surface area (Å²) < 4.78 is 5.91. The second-order valence-corrected chi connectivity index (χ2v) is 9.27. The predicted octanol–water partition coefficient (Wildman–Crippen LogP) is 4.14. The van der Waals surface area contributed by atoms with Crippen LogP contribution in [0.3, 0.4) is 0 Å². The summed E-state index contributed by atoms with van der Waals surface area (Å²) in [6.45, 7) is 8.17. The summed E-state index contributed by atoms with van der Waals surface area (Å²) in [6, 6.07) is 0. The van der Waals surface area contributed by atoms with Crippen LogP contribution in [0.4, 0.5) is 0 Å². The molecule has 8 nitrogen and oxygen atoms in total. The molecule has 0 aromatic carbocycles. The van der Waals surface area contributed by atoms with Gasteiger partial charge in [0.15, 0.2) is 11.6 Å². The van der Waals surface area contributed by atoms with Crippen molar-refractivity contribution in [3.8, 4) is 0 Å². The van der Waals surface area contributed by atoms with Crippen LogP contribution >= 0.6 is 0 Å². The quantitative estimate of drug-likeness (QED) is 0.408. The molecule has 5 N–H and O–H groups in total. The number of ketones is 2. The minimum atomic E-state index is -2.50. The number of Topliss-reactive ketones (excluding diaryl/α,β-unsaturated/α-hetero) is 2. The molecular formula is C24H32O8. The second-order valence-electron chi connectivity index (χ2n) is 9.27. The van der Waals surface area contributed by atoms with Crippen molar-refractivity contribution in [2.24, 2.45) is 11.3 Å². The highest BCUT2D eigenvalue weighted by Crippen LogP contribution is 2.54. The van der Waals surface area contributed by atoms with Crippen LogP contribution in [0.1, 0.15) is 66.7 Å². The molecule has 0 aromatic heterocycles. The van der Waals surface area contributed by atoms with Crippen LogP contribution in [0.25, 0.3) is 0 Å². The number of fused-ring (bicyclic) bond motifs is 2. The maximum atomic E-state index is 12.9. The van der Waals surface area contributed by atoms with E-state index in [1.54, 1.807) is 27.7 Å². The van der Waals surface area contributed by atoms with Crippen molar-refractivity contribution in [2.75, 3.05) is 0 Å². The number of carbonyl (C=O) groups excluding carboxylic acids is 2. The number of aliphatic hydroxyl groups is 5. The molecule has 3 aliphatic rings. The zero-order chi connectivity index (χ0) is 24.2. The zero-order valence-corrected chi connectivity index (χ0v) is 19.2. The molecule has 3 atom stereocenters. The monoisotopic (exact) mass is 448 g/mol. The molecule has 0 saturated carbocycles. The van der Waals surface area contributed by atoms with Gasteiger partial charge in [0.1, 0.15) is 29.1 Å². The van der Waals surface area contributed by atoms with Gasteiger partial charge in [-0.2, -0.15) is 0 Å². The molecular weight excluding hydrogens is 416 g/mol. The van der Waals surface area contributed by atoms with Crippen molar-refractivity contribution in [2.45, 2.75) is 78.6 Å². The summed E-state index contributed by atoms with van der Waals surface area (Å²) in [7, 11) is 0. The first-order chi connectivity index (χ1) is 14.8. The van der Waals surface area contributed by atoms with E-state index in [1.165, 1.54) is 6.92 Å². The average molecular weight is 449 g/mol. The Kier molecular flexibility index (Phi) is 6.08. The van der Waals surface area contributed by atoms with E-state index < -0.39 is 40.5 Å². The smallest absolute Gasteiger partial charge is 0.227 e. The van der Waals surface area contributed by atoms with Gasteiger partial charge in [-0.25, -0.2) is 0 Å². The van der Waals surface area contributed by atoms with E-state index >= 15 is 0 Å². The maximum absolute atomic E-state index is 12.9. The molecule has 1 saturated heterocycles. The van der Waals surface area contributed by atoms with Gasteiger partial charge in [-0.1, -0.05) is 13.8 Å². The van der Waals surface area contributed by atoms with Gasteiger partial charge in [0.05, 0.1) is 22.5 Å². The van der Waals surface area contributed by atoms with Crippen LogP contribution in [0.5, 0.6) is 0 Å². The third-order valence-corrected chi connectivity index (χ3v) is 6.64. The molecule has 1 aliphatic heterocycles. The van der Waals surface area contributed by atoms with Crippen molar-refractivity contribution in [1.29, 1.82) is 0 Å². The van der Waals surface area contributed by atoms with Crippen LogP contribution in [0.15, 0.2) is 45.3 Å². The van der Waals surface area contributed by atoms with Gasteiger partial charge in [-0.3, -0.25) is 9.59 Å². The summed E-state index contributed by atoms with van der Waals surface area (Å²) in [5, 5.41) is 54.9. The fourth-order valence-corrected chi connectivity index (χ4v) is 4.71. The van der Waals surface area contributed by atoms with E-state index in [-0.39, 0.29) is 58.8 Å². The second kappa shape index (κ2) is 8.08. The predicted molar refractivity (Wildman–Crippen MR) is 116 cm³/mol. The van der Waals surface area contributed by atoms with Gasteiger partial charge in [0.25, 0.3) is 0 Å². The minimum Gasteiger partial charge on any atom is -0.511 e. The van der Waals surface area contributed by atoms with E-state index in [0.717, 1.165) is 0 Å². The van der Waals surface area contributed by atoms with Crippen LogP contribution in [-0.4, -0.2) is 49.0 Å².